The summed E-state index contributed by atoms with van der Waals surface area (Å²) >= 11 is 4.47. The van der Waals surface area contributed by atoms with Gasteiger partial charge in [0.05, 0.1) is 4.47 Å². The maximum Gasteiger partial charge on any atom is 0.245 e. The molecule has 0 spiro atoms. The molecular formula is C10H14BrFN2O2S2. The zero-order valence-electron chi connectivity index (χ0n) is 9.98. The Kier molecular flexibility index (Phi) is 5.45. The molecule has 4 nitrogen and oxygen atoms in total. The second-order valence-corrected chi connectivity index (χ2v) is 7.49. The zero-order valence-corrected chi connectivity index (χ0v) is 13.2. The normalized spacial score (nSPS) is 12.1. The van der Waals surface area contributed by atoms with Crippen LogP contribution in [0.15, 0.2) is 21.5 Å². The summed E-state index contributed by atoms with van der Waals surface area (Å²) in [6, 6.07) is 2.46. The van der Waals surface area contributed by atoms with Gasteiger partial charge in [0, 0.05) is 25.0 Å². The maximum absolute atomic E-state index is 13.8. The molecule has 0 atom stereocenters. The Balaban J connectivity index is 3.20. The third-order valence-electron chi connectivity index (χ3n) is 2.32. The van der Waals surface area contributed by atoms with Gasteiger partial charge >= 0.3 is 0 Å². The highest BCUT2D eigenvalue weighted by Crippen LogP contribution is 2.27. The Bertz CT molecular complexity index is 537. The molecule has 0 bridgehead atoms. The van der Waals surface area contributed by atoms with Crippen molar-refractivity contribution in [1.82, 2.24) is 4.31 Å². The number of hydrogen-bond acceptors (Lipinski definition) is 4. The first kappa shape index (κ1) is 15.7. The van der Waals surface area contributed by atoms with E-state index in [1.807, 2.05) is 6.26 Å². The monoisotopic (exact) mass is 356 g/mol. The van der Waals surface area contributed by atoms with Crippen molar-refractivity contribution in [3.63, 3.8) is 0 Å². The number of benzene rings is 1. The number of sulfonamides is 1. The van der Waals surface area contributed by atoms with E-state index in [9.17, 15) is 12.8 Å². The predicted molar refractivity (Wildman–Crippen MR) is 76.7 cm³/mol. The van der Waals surface area contributed by atoms with Gasteiger partial charge in [0.2, 0.25) is 10.0 Å². The number of nitrogens with zero attached hydrogens (tertiary/aromatic N) is 1. The van der Waals surface area contributed by atoms with Crippen LogP contribution in [0.3, 0.4) is 0 Å². The summed E-state index contributed by atoms with van der Waals surface area (Å²) in [5, 5.41) is 0. The van der Waals surface area contributed by atoms with E-state index >= 15 is 0 Å². The molecule has 1 rings (SSSR count). The van der Waals surface area contributed by atoms with E-state index in [0.29, 0.717) is 12.3 Å². The van der Waals surface area contributed by atoms with E-state index < -0.39 is 20.7 Å². The van der Waals surface area contributed by atoms with Gasteiger partial charge in [-0.3, -0.25) is 0 Å². The molecule has 0 aliphatic heterocycles. The second-order valence-electron chi connectivity index (χ2n) is 3.63. The van der Waals surface area contributed by atoms with Crippen molar-refractivity contribution < 1.29 is 12.8 Å². The van der Waals surface area contributed by atoms with Crippen LogP contribution in [0.2, 0.25) is 0 Å². The molecule has 0 aliphatic carbocycles. The molecule has 18 heavy (non-hydrogen) atoms. The molecule has 1 aromatic rings. The molecular weight excluding hydrogens is 343 g/mol. The Morgan fingerprint density at radius 1 is 1.50 bits per heavy atom. The van der Waals surface area contributed by atoms with Crippen molar-refractivity contribution in [2.75, 3.05) is 31.3 Å². The van der Waals surface area contributed by atoms with Crippen molar-refractivity contribution in [2.24, 2.45) is 0 Å². The Morgan fingerprint density at radius 3 is 2.67 bits per heavy atom. The summed E-state index contributed by atoms with van der Waals surface area (Å²) in [4.78, 5) is -0.405. The lowest BCUT2D eigenvalue weighted by atomic mass is 10.3. The van der Waals surface area contributed by atoms with Crippen LogP contribution in [0.4, 0.5) is 10.1 Å². The molecule has 0 radical (unpaired) electrons. The van der Waals surface area contributed by atoms with Crippen molar-refractivity contribution in [3.8, 4) is 0 Å². The SMILES string of the molecule is CSCCN(C)S(=O)(=O)c1cc(N)cc(Br)c1F. The number of hydrogen-bond donors (Lipinski definition) is 1. The fraction of sp³-hybridized carbons (Fsp3) is 0.400. The van der Waals surface area contributed by atoms with E-state index in [0.717, 1.165) is 10.4 Å². The lowest BCUT2D eigenvalue weighted by molar-refractivity contribution is 0.479. The van der Waals surface area contributed by atoms with Crippen LogP contribution in [0, 0.1) is 5.82 Å². The lowest BCUT2D eigenvalue weighted by Crippen LogP contribution is -2.30. The van der Waals surface area contributed by atoms with Crippen molar-refractivity contribution in [3.05, 3.63) is 22.4 Å². The first-order valence-electron chi connectivity index (χ1n) is 5.00. The van der Waals surface area contributed by atoms with Crippen LogP contribution in [-0.2, 0) is 10.0 Å². The average molecular weight is 357 g/mol. The topological polar surface area (TPSA) is 63.4 Å². The molecule has 8 heteroatoms. The summed E-state index contributed by atoms with van der Waals surface area (Å²) in [6.45, 7) is 0.315. The van der Waals surface area contributed by atoms with Gasteiger partial charge < -0.3 is 5.73 Å². The minimum absolute atomic E-state index is 0.0411. The van der Waals surface area contributed by atoms with E-state index in [4.69, 9.17) is 5.73 Å². The highest BCUT2D eigenvalue weighted by atomic mass is 79.9. The van der Waals surface area contributed by atoms with Crippen LogP contribution in [0.1, 0.15) is 0 Å². The Labute approximate surface area is 119 Å². The van der Waals surface area contributed by atoms with E-state index in [1.165, 1.54) is 24.9 Å². The van der Waals surface area contributed by atoms with E-state index in [2.05, 4.69) is 15.9 Å². The molecule has 102 valence electrons. The van der Waals surface area contributed by atoms with Gasteiger partial charge in [-0.05, 0) is 34.3 Å². The minimum Gasteiger partial charge on any atom is -0.399 e. The quantitative estimate of drug-likeness (QED) is 0.821. The van der Waals surface area contributed by atoms with Crippen molar-refractivity contribution >= 4 is 43.4 Å². The average Bonchev–Trinajstić information content (AvgIpc) is 2.30. The van der Waals surface area contributed by atoms with Gasteiger partial charge in [-0.15, -0.1) is 0 Å². The molecule has 0 aromatic heterocycles. The first-order valence-corrected chi connectivity index (χ1v) is 8.63. The maximum atomic E-state index is 13.8. The van der Waals surface area contributed by atoms with Gasteiger partial charge in [0.25, 0.3) is 0 Å². The van der Waals surface area contributed by atoms with Crippen molar-refractivity contribution in [2.45, 2.75) is 4.90 Å². The summed E-state index contributed by atoms with van der Waals surface area (Å²) in [7, 11) is -2.43. The first-order chi connectivity index (χ1) is 8.30. The number of thioether (sulfide) groups is 1. The van der Waals surface area contributed by atoms with Crippen LogP contribution in [0.25, 0.3) is 0 Å². The molecule has 0 amide bonds. The minimum atomic E-state index is -3.85. The number of anilines is 1. The number of nitrogen functional groups attached to an aromatic ring is 1. The molecule has 0 saturated heterocycles. The predicted octanol–water partition coefficient (Wildman–Crippen LogP) is 2.15. The standard InChI is InChI=1S/C10H14BrFN2O2S2/c1-14(3-4-17-2)18(15,16)9-6-7(13)5-8(11)10(9)12/h5-6H,3-4,13H2,1-2H3. The van der Waals surface area contributed by atoms with Crippen molar-refractivity contribution in [1.29, 1.82) is 0 Å². The van der Waals surface area contributed by atoms with Gasteiger partial charge in [-0.2, -0.15) is 11.8 Å². The second kappa shape index (κ2) is 6.23. The van der Waals surface area contributed by atoms with Crippen LogP contribution >= 0.6 is 27.7 Å². The van der Waals surface area contributed by atoms with E-state index in [1.54, 1.807) is 0 Å². The highest BCUT2D eigenvalue weighted by Gasteiger charge is 2.25. The third kappa shape index (κ3) is 3.37. The fourth-order valence-corrected chi connectivity index (χ4v) is 3.75. The number of rotatable bonds is 5. The van der Waals surface area contributed by atoms with Gasteiger partial charge in [-0.25, -0.2) is 17.1 Å². The molecule has 0 heterocycles. The number of nitrogens with two attached hydrogens (primary N) is 1. The molecule has 0 saturated carbocycles. The lowest BCUT2D eigenvalue weighted by Gasteiger charge is -2.17. The van der Waals surface area contributed by atoms with Crippen LogP contribution in [0.5, 0.6) is 0 Å². The molecule has 2 N–H and O–H groups in total. The summed E-state index contributed by atoms with van der Waals surface area (Å²) in [5.74, 6) is -0.180. The third-order valence-corrected chi connectivity index (χ3v) is 5.34. The van der Waals surface area contributed by atoms with Gasteiger partial charge in [-0.1, -0.05) is 0 Å². The fourth-order valence-electron chi connectivity index (χ4n) is 1.28. The molecule has 1 aromatic carbocycles. The highest BCUT2D eigenvalue weighted by molar-refractivity contribution is 9.10. The summed E-state index contributed by atoms with van der Waals surface area (Å²) < 4.78 is 39.3. The summed E-state index contributed by atoms with van der Waals surface area (Å²) in [5.41, 5.74) is 5.74. The Hall–Kier alpha value is -0.310. The molecule has 0 unspecified atom stereocenters. The largest absolute Gasteiger partial charge is 0.399 e. The number of halogens is 2. The zero-order chi connectivity index (χ0) is 13.9. The Morgan fingerprint density at radius 2 is 2.11 bits per heavy atom. The molecule has 0 aliphatic rings. The van der Waals surface area contributed by atoms with Gasteiger partial charge in [0.15, 0.2) is 5.82 Å². The van der Waals surface area contributed by atoms with Gasteiger partial charge in [0.1, 0.15) is 4.90 Å². The van der Waals surface area contributed by atoms with Crippen LogP contribution in [-0.4, -0.2) is 38.3 Å². The van der Waals surface area contributed by atoms with Crippen LogP contribution < -0.4 is 5.73 Å². The summed E-state index contributed by atoms with van der Waals surface area (Å²) in [6.07, 6.45) is 1.87. The van der Waals surface area contributed by atoms with E-state index in [-0.39, 0.29) is 10.2 Å². The molecule has 0 fully saturated rings. The smallest absolute Gasteiger partial charge is 0.245 e.